The molecule has 0 radical (unpaired) electrons. The average Bonchev–Trinajstić information content (AvgIpc) is 1.62. The van der Waals surface area contributed by atoms with Crippen LogP contribution in [0.3, 0.4) is 0 Å². The van der Waals surface area contributed by atoms with Gasteiger partial charge in [0.15, 0.2) is 11.6 Å². The number of carbonyl (C=O) groups is 4. The standard InChI is InChI=1S/C62H77N17O11S4/c1-8-76(9-2)43-24-26-50(73-75-62-70-56(79-30-16-13-17-31-79)54(92-62)37-48(40(6)81)58(83)66-42-21-19-23-46(33-42)94(87,88)89)52(34-43)68-60(64-7)71-59(63)67-51-35-44(77(10-3)38-90-11-4)25-27-49(51)72-74-61-69-55(78-28-14-12-15-29-78)53(91-61)36-47(39(5)80)57(82)65-41-20-18-22-45(32-41)93(84,85)86/h18-27,32-37,72H,8-17,28-31,38H2,1-7H3,(H,65,82)(H,66,83)(H,69,74)(H,84,85,86)(H,87,88,89)(H4,63,64,67,68,71)/b47-36+,48-37-,75-73+. The van der Waals surface area contributed by atoms with Crippen LogP contribution in [0, 0.1) is 5.41 Å². The van der Waals surface area contributed by atoms with E-state index in [1.807, 2.05) is 62.9 Å². The monoisotopic (exact) mass is 1360 g/mol. The molecule has 2 fully saturated rings. The number of rotatable bonds is 27. The Labute approximate surface area is 554 Å². The lowest BCUT2D eigenvalue weighted by Crippen LogP contribution is -2.30. The number of hydrogen-bond donors (Lipinski definition) is 10. The number of hydrogen-bond acceptors (Lipinski definition) is 22. The number of benzene rings is 4. The van der Waals surface area contributed by atoms with Gasteiger partial charge in [0, 0.05) is 82.2 Å². The zero-order valence-corrected chi connectivity index (χ0v) is 56.3. The molecule has 0 bridgehead atoms. The lowest BCUT2D eigenvalue weighted by Gasteiger charge is -2.27. The Morgan fingerprint density at radius 2 is 1.15 bits per heavy atom. The summed E-state index contributed by atoms with van der Waals surface area (Å²) in [5, 5.41) is 33.9. The Hall–Kier alpha value is -9.18. The van der Waals surface area contributed by atoms with Crippen molar-refractivity contribution in [1.29, 1.82) is 5.41 Å². The SMILES string of the molecule is CCOCN(CC)c1ccc(NNc2nc(N3CCCCC3)c(/C=C(\C(C)=O)C(=O)Nc3cccc(S(=O)(=O)O)c3)s2)c(NC(=N)/N=C(\NC)Nc2cc(N(CC)CC)ccc2/N=N/c2nc(N3CCCCC3)c(/C=C(/C(C)=O)C(=O)Nc3cccc(S(=O)(=O)O)c3)s2)c1. The summed E-state index contributed by atoms with van der Waals surface area (Å²) in [5.41, 5.74) is 9.43. The van der Waals surface area contributed by atoms with Crippen LogP contribution in [-0.2, 0) is 44.2 Å². The number of nitrogens with zero attached hydrogens (tertiary/aromatic N) is 9. The summed E-state index contributed by atoms with van der Waals surface area (Å²) >= 11 is 2.29. The molecule has 0 aliphatic carbocycles. The van der Waals surface area contributed by atoms with Crippen molar-refractivity contribution in [3.05, 3.63) is 106 Å². The Balaban J connectivity index is 1.09. The van der Waals surface area contributed by atoms with Gasteiger partial charge in [-0.25, -0.2) is 4.98 Å². The fourth-order valence-corrected chi connectivity index (χ4v) is 12.9. The van der Waals surface area contributed by atoms with Crippen LogP contribution < -0.4 is 57.0 Å². The predicted octanol–water partition coefficient (Wildman–Crippen LogP) is 10.9. The molecule has 2 aliphatic heterocycles. The number of nitrogens with one attached hydrogen (secondary N) is 8. The highest BCUT2D eigenvalue weighted by Crippen LogP contribution is 2.39. The molecule has 0 atom stereocenters. The van der Waals surface area contributed by atoms with E-state index in [1.54, 1.807) is 13.1 Å². The van der Waals surface area contributed by atoms with Gasteiger partial charge in [0.1, 0.15) is 24.1 Å². The van der Waals surface area contributed by atoms with E-state index in [4.69, 9.17) is 14.7 Å². The zero-order chi connectivity index (χ0) is 67.7. The summed E-state index contributed by atoms with van der Waals surface area (Å²) in [4.78, 5) is 76.6. The normalized spacial score (nSPS) is 14.1. The first-order valence-corrected chi connectivity index (χ1v) is 34.9. The number of hydrazine groups is 1. The van der Waals surface area contributed by atoms with Crippen molar-refractivity contribution in [3.63, 3.8) is 0 Å². The van der Waals surface area contributed by atoms with Crippen molar-refractivity contribution in [2.75, 3.05) is 118 Å². The van der Waals surface area contributed by atoms with E-state index in [9.17, 15) is 50.5 Å². The molecule has 8 rings (SSSR count). The van der Waals surface area contributed by atoms with Gasteiger partial charge in [0.05, 0.1) is 47.8 Å². The van der Waals surface area contributed by atoms with E-state index in [0.29, 0.717) is 108 Å². The minimum absolute atomic E-state index is 0.0440. The number of Topliss-reactive ketones (excluding diaryl/α,β-unsaturated/α-hetero) is 2. The van der Waals surface area contributed by atoms with Gasteiger partial charge in [0.2, 0.25) is 22.2 Å². The minimum Gasteiger partial charge on any atom is -0.372 e. The number of piperidine rings is 2. The molecule has 10 N–H and O–H groups in total. The largest absolute Gasteiger partial charge is 0.372 e. The zero-order valence-electron chi connectivity index (χ0n) is 53.1. The smallest absolute Gasteiger partial charge is 0.294 e. The highest BCUT2D eigenvalue weighted by atomic mass is 32.2. The summed E-state index contributed by atoms with van der Waals surface area (Å²) < 4.78 is 72.5. The summed E-state index contributed by atoms with van der Waals surface area (Å²) in [6.45, 7) is 15.9. The van der Waals surface area contributed by atoms with Crippen LogP contribution in [0.25, 0.3) is 12.2 Å². The molecule has 4 heterocycles. The van der Waals surface area contributed by atoms with Gasteiger partial charge in [-0.1, -0.05) is 34.8 Å². The summed E-state index contributed by atoms with van der Waals surface area (Å²) in [6.07, 6.45) is 8.52. The van der Waals surface area contributed by atoms with E-state index in [-0.39, 0.29) is 39.6 Å². The molecule has 2 aromatic heterocycles. The lowest BCUT2D eigenvalue weighted by molar-refractivity contribution is -0.120. The number of ketones is 2. The molecule has 2 saturated heterocycles. The molecule has 0 saturated carbocycles. The fraction of sp³-hybridized carbons (Fsp3) is 0.355. The van der Waals surface area contributed by atoms with Crippen LogP contribution in [0.5, 0.6) is 0 Å². The highest BCUT2D eigenvalue weighted by molar-refractivity contribution is 7.86. The van der Waals surface area contributed by atoms with Crippen LogP contribution in [0.4, 0.5) is 67.4 Å². The first kappa shape index (κ1) is 70.7. The molecule has 500 valence electrons. The summed E-state index contributed by atoms with van der Waals surface area (Å²) in [5.74, 6) is -1.83. The van der Waals surface area contributed by atoms with Crippen molar-refractivity contribution >= 4 is 158 Å². The Bertz CT molecular complexity index is 4120. The van der Waals surface area contributed by atoms with Crippen molar-refractivity contribution in [2.45, 2.75) is 89.9 Å². The van der Waals surface area contributed by atoms with Crippen molar-refractivity contribution in [2.24, 2.45) is 15.2 Å². The molecular weight excluding hydrogens is 1290 g/mol. The van der Waals surface area contributed by atoms with E-state index in [1.165, 1.54) is 73.7 Å². The van der Waals surface area contributed by atoms with Crippen LogP contribution >= 0.6 is 22.7 Å². The Kier molecular flexibility index (Phi) is 24.5. The van der Waals surface area contributed by atoms with Gasteiger partial charge < -0.3 is 50.9 Å². The second-order valence-corrected chi connectivity index (χ2v) is 26.4. The van der Waals surface area contributed by atoms with E-state index in [2.05, 4.69) is 67.4 Å². The number of anilines is 10. The maximum absolute atomic E-state index is 13.7. The van der Waals surface area contributed by atoms with Gasteiger partial charge >= 0.3 is 0 Å². The Morgan fingerprint density at radius 1 is 0.628 bits per heavy atom. The third kappa shape index (κ3) is 19.0. The third-order valence-corrected chi connectivity index (χ3v) is 18.5. The van der Waals surface area contributed by atoms with Crippen molar-refractivity contribution in [3.8, 4) is 0 Å². The number of ether oxygens (including phenoxy) is 1. The van der Waals surface area contributed by atoms with E-state index >= 15 is 0 Å². The number of carbonyl (C=O) groups excluding carboxylic acids is 4. The van der Waals surface area contributed by atoms with Crippen molar-refractivity contribution in [1.82, 2.24) is 15.3 Å². The molecule has 2 aliphatic rings. The van der Waals surface area contributed by atoms with Gasteiger partial charge in [0.25, 0.3) is 32.1 Å². The van der Waals surface area contributed by atoms with Crippen LogP contribution in [0.1, 0.15) is 89.8 Å². The maximum atomic E-state index is 13.7. The quantitative estimate of drug-likeness (QED) is 0.00264. The minimum atomic E-state index is -4.58. The molecule has 28 nitrogen and oxygen atoms in total. The molecule has 6 aromatic rings. The van der Waals surface area contributed by atoms with Gasteiger partial charge in [-0.15, -0.1) is 10.2 Å². The number of thiazole rings is 2. The van der Waals surface area contributed by atoms with Gasteiger partial charge in [-0.05, 0) is 165 Å². The second-order valence-electron chi connectivity index (χ2n) is 21.5. The molecule has 2 amide bonds. The fourth-order valence-electron chi connectivity index (χ4n) is 10.1. The maximum Gasteiger partial charge on any atom is 0.294 e. The molecular formula is C62H77N17O11S4. The second kappa shape index (κ2) is 32.6. The van der Waals surface area contributed by atoms with Crippen LogP contribution in [-0.4, -0.2) is 137 Å². The lowest BCUT2D eigenvalue weighted by atomic mass is 10.1. The van der Waals surface area contributed by atoms with Crippen LogP contribution in [0.2, 0.25) is 0 Å². The summed E-state index contributed by atoms with van der Waals surface area (Å²) in [7, 11) is -7.51. The average molecular weight is 1360 g/mol. The number of aliphatic imine (C=N–C) groups is 1. The van der Waals surface area contributed by atoms with E-state index in [0.717, 1.165) is 73.4 Å². The first-order valence-electron chi connectivity index (χ1n) is 30.4. The molecule has 32 heteroatoms. The third-order valence-electron chi connectivity index (χ3n) is 15.0. The molecule has 0 spiro atoms. The molecule has 4 aromatic carbocycles. The predicted molar refractivity (Wildman–Crippen MR) is 372 cm³/mol. The number of aromatic nitrogens is 2. The van der Waals surface area contributed by atoms with Crippen molar-refractivity contribution < 1.29 is 49.9 Å². The van der Waals surface area contributed by atoms with E-state index < -0.39 is 53.4 Å². The number of amides is 2. The number of guanidine groups is 2. The van der Waals surface area contributed by atoms with Gasteiger partial charge in [-0.3, -0.25) is 44.5 Å². The Morgan fingerprint density at radius 3 is 1.67 bits per heavy atom. The topological polar surface area (TPSA) is 370 Å². The molecule has 94 heavy (non-hydrogen) atoms. The first-order chi connectivity index (χ1) is 45.0. The van der Waals surface area contributed by atoms with Gasteiger partial charge in [-0.2, -0.15) is 26.8 Å². The number of azo groups is 1. The molecule has 0 unspecified atom stereocenters. The highest BCUT2D eigenvalue weighted by Gasteiger charge is 2.26. The van der Waals surface area contributed by atoms with Crippen LogP contribution in [0.15, 0.2) is 121 Å². The summed E-state index contributed by atoms with van der Waals surface area (Å²) in [6, 6.07) is 21.2.